The van der Waals surface area contributed by atoms with Crippen LogP contribution in [0.15, 0.2) is 9.98 Å². The molecule has 1 aromatic rings. The predicted molar refractivity (Wildman–Crippen MR) is 57.2 cm³/mol. The van der Waals surface area contributed by atoms with Crippen molar-refractivity contribution in [2.75, 3.05) is 18.0 Å². The third-order valence-electron chi connectivity index (χ3n) is 2.31. The van der Waals surface area contributed by atoms with Gasteiger partial charge in [-0.2, -0.15) is 0 Å². The number of hydrogen-bond donors (Lipinski definition) is 1. The molecule has 0 bridgehead atoms. The van der Waals surface area contributed by atoms with Gasteiger partial charge in [-0.25, -0.2) is 4.98 Å². The lowest BCUT2D eigenvalue weighted by Crippen LogP contribution is -2.20. The first kappa shape index (κ1) is 9.43. The molecule has 2 rings (SSSR count). The maximum absolute atomic E-state index is 9.56. The average molecular weight is 263 g/mol. The summed E-state index contributed by atoms with van der Waals surface area (Å²) in [5.74, 6) is 0.350. The van der Waals surface area contributed by atoms with E-state index in [1.165, 1.54) is 0 Å². The largest absolute Gasteiger partial charge is 0.391 e. The topological polar surface area (TPSA) is 36.4 Å². The Morgan fingerprint density at radius 2 is 2.46 bits per heavy atom. The van der Waals surface area contributed by atoms with Gasteiger partial charge in [0.2, 0.25) is 0 Å². The quantitative estimate of drug-likeness (QED) is 0.838. The van der Waals surface area contributed by atoms with E-state index in [-0.39, 0.29) is 6.10 Å². The Labute approximate surface area is 89.5 Å². The zero-order chi connectivity index (χ0) is 9.42. The second-order valence-electron chi connectivity index (χ2n) is 3.40. The highest BCUT2D eigenvalue weighted by molar-refractivity contribution is 9.11. The third kappa shape index (κ3) is 1.87. The monoisotopic (exact) mass is 262 g/mol. The van der Waals surface area contributed by atoms with E-state index < -0.39 is 0 Å². The van der Waals surface area contributed by atoms with Crippen LogP contribution in [-0.4, -0.2) is 29.3 Å². The first-order valence-corrected chi connectivity index (χ1v) is 5.82. The Kier molecular flexibility index (Phi) is 2.58. The Balaban J connectivity index is 2.11. The fourth-order valence-corrected chi connectivity index (χ4v) is 2.70. The number of β-amino-alcohol motifs (C(OH)–C–C–N with tert-alkyl or cyclic N) is 1. The van der Waals surface area contributed by atoms with Crippen molar-refractivity contribution >= 4 is 32.4 Å². The van der Waals surface area contributed by atoms with Gasteiger partial charge in [0.15, 0.2) is 5.13 Å². The molecule has 0 amide bonds. The van der Waals surface area contributed by atoms with Gasteiger partial charge in [-0.3, -0.25) is 0 Å². The van der Waals surface area contributed by atoms with Gasteiger partial charge in [0.05, 0.1) is 16.1 Å². The third-order valence-corrected chi connectivity index (χ3v) is 3.85. The number of aliphatic hydroxyl groups excluding tert-OH is 1. The maximum Gasteiger partial charge on any atom is 0.186 e. The molecule has 2 heterocycles. The van der Waals surface area contributed by atoms with Gasteiger partial charge in [-0.1, -0.05) is 18.3 Å². The molecule has 1 aliphatic rings. The Bertz CT molecular complexity index is 294. The lowest BCUT2D eigenvalue weighted by Gasteiger charge is -2.12. The summed E-state index contributed by atoms with van der Waals surface area (Å²) in [6.07, 6.45) is 1.60. The highest BCUT2D eigenvalue weighted by Crippen LogP contribution is 2.30. The molecule has 0 aromatic carbocycles. The first-order valence-electron chi connectivity index (χ1n) is 4.21. The van der Waals surface area contributed by atoms with Crippen LogP contribution in [0.25, 0.3) is 0 Å². The van der Waals surface area contributed by atoms with E-state index >= 15 is 0 Å². The summed E-state index contributed by atoms with van der Waals surface area (Å²) in [6.45, 7) is 3.68. The minimum absolute atomic E-state index is 0.206. The smallest absolute Gasteiger partial charge is 0.186 e. The number of hydrogen-bond acceptors (Lipinski definition) is 4. The van der Waals surface area contributed by atoms with Crippen molar-refractivity contribution in [2.24, 2.45) is 5.92 Å². The van der Waals surface area contributed by atoms with Crippen molar-refractivity contribution in [2.45, 2.75) is 13.0 Å². The SMILES string of the molecule is CC1CN(c2ncc(Br)s2)CC1O. The van der Waals surface area contributed by atoms with Gasteiger partial charge in [0.25, 0.3) is 0 Å². The molecule has 2 unspecified atom stereocenters. The van der Waals surface area contributed by atoms with Gasteiger partial charge in [-0.15, -0.1) is 0 Å². The van der Waals surface area contributed by atoms with Crippen LogP contribution in [0, 0.1) is 5.92 Å². The Morgan fingerprint density at radius 3 is 2.92 bits per heavy atom. The van der Waals surface area contributed by atoms with Gasteiger partial charge >= 0.3 is 0 Å². The van der Waals surface area contributed by atoms with Gasteiger partial charge in [0, 0.05) is 19.0 Å². The van der Waals surface area contributed by atoms with Crippen LogP contribution in [0.4, 0.5) is 5.13 Å². The second kappa shape index (κ2) is 3.55. The number of halogens is 1. The van der Waals surface area contributed by atoms with E-state index in [9.17, 15) is 5.11 Å². The van der Waals surface area contributed by atoms with Crippen LogP contribution >= 0.6 is 27.3 Å². The van der Waals surface area contributed by atoms with Crippen LogP contribution < -0.4 is 4.90 Å². The van der Waals surface area contributed by atoms with E-state index in [1.807, 2.05) is 0 Å². The summed E-state index contributed by atoms with van der Waals surface area (Å²) in [5, 5.41) is 10.6. The predicted octanol–water partition coefficient (Wildman–Crippen LogP) is 1.72. The van der Waals surface area contributed by atoms with E-state index in [2.05, 4.69) is 32.7 Å². The van der Waals surface area contributed by atoms with Crippen molar-refractivity contribution < 1.29 is 5.11 Å². The Morgan fingerprint density at radius 1 is 1.69 bits per heavy atom. The number of thiazole rings is 1. The lowest BCUT2D eigenvalue weighted by atomic mass is 10.1. The molecule has 1 N–H and O–H groups in total. The highest BCUT2D eigenvalue weighted by Gasteiger charge is 2.29. The summed E-state index contributed by atoms with van der Waals surface area (Å²) in [5.41, 5.74) is 0. The van der Waals surface area contributed by atoms with Crippen molar-refractivity contribution in [1.82, 2.24) is 4.98 Å². The summed E-state index contributed by atoms with van der Waals surface area (Å²) < 4.78 is 1.04. The maximum atomic E-state index is 9.56. The van der Waals surface area contributed by atoms with Crippen LogP contribution in [0.3, 0.4) is 0 Å². The molecule has 1 aromatic heterocycles. The minimum atomic E-state index is -0.206. The molecule has 13 heavy (non-hydrogen) atoms. The molecule has 1 fully saturated rings. The molecule has 0 aliphatic carbocycles. The highest BCUT2D eigenvalue weighted by atomic mass is 79.9. The summed E-state index contributed by atoms with van der Waals surface area (Å²) >= 11 is 4.99. The minimum Gasteiger partial charge on any atom is -0.391 e. The fraction of sp³-hybridized carbons (Fsp3) is 0.625. The van der Waals surface area contributed by atoms with E-state index in [0.717, 1.165) is 15.5 Å². The molecule has 3 nitrogen and oxygen atoms in total. The Hall–Kier alpha value is -0.130. The van der Waals surface area contributed by atoms with Gasteiger partial charge in [0.1, 0.15) is 0 Å². The van der Waals surface area contributed by atoms with E-state index in [1.54, 1.807) is 17.5 Å². The zero-order valence-electron chi connectivity index (χ0n) is 7.27. The van der Waals surface area contributed by atoms with Crippen molar-refractivity contribution in [1.29, 1.82) is 0 Å². The first-order chi connectivity index (χ1) is 6.16. The molecule has 1 saturated heterocycles. The second-order valence-corrected chi connectivity index (χ2v) is 5.78. The van der Waals surface area contributed by atoms with Gasteiger partial charge < -0.3 is 10.0 Å². The molecular formula is C8H11BrN2OS. The van der Waals surface area contributed by atoms with Crippen LogP contribution in [0.1, 0.15) is 6.92 Å². The van der Waals surface area contributed by atoms with Crippen LogP contribution in [-0.2, 0) is 0 Å². The fourth-order valence-electron chi connectivity index (χ4n) is 1.50. The summed E-state index contributed by atoms with van der Waals surface area (Å²) in [7, 11) is 0. The van der Waals surface area contributed by atoms with Crippen molar-refractivity contribution in [3.05, 3.63) is 9.98 Å². The van der Waals surface area contributed by atoms with E-state index in [4.69, 9.17) is 0 Å². The molecule has 0 spiro atoms. The number of aromatic nitrogens is 1. The molecule has 0 radical (unpaired) electrons. The molecule has 0 saturated carbocycles. The molecule has 72 valence electrons. The summed E-state index contributed by atoms with van der Waals surface area (Å²) in [6, 6.07) is 0. The van der Waals surface area contributed by atoms with Crippen LogP contribution in [0.5, 0.6) is 0 Å². The number of aliphatic hydroxyl groups is 1. The number of nitrogens with zero attached hydrogens (tertiary/aromatic N) is 2. The average Bonchev–Trinajstić information content (AvgIpc) is 2.61. The van der Waals surface area contributed by atoms with Gasteiger partial charge in [-0.05, 0) is 15.9 Å². The zero-order valence-corrected chi connectivity index (χ0v) is 9.68. The van der Waals surface area contributed by atoms with E-state index in [0.29, 0.717) is 12.5 Å². The standard InChI is InChI=1S/C8H11BrN2OS/c1-5-3-11(4-6(5)12)8-10-2-7(9)13-8/h2,5-6,12H,3-4H2,1H3. The summed E-state index contributed by atoms with van der Waals surface area (Å²) in [4.78, 5) is 6.38. The molecular weight excluding hydrogens is 252 g/mol. The normalized spacial score (nSPS) is 28.4. The van der Waals surface area contributed by atoms with Crippen molar-refractivity contribution in [3.8, 4) is 0 Å². The molecule has 5 heteroatoms. The van der Waals surface area contributed by atoms with Crippen LogP contribution in [0.2, 0.25) is 0 Å². The molecule has 1 aliphatic heterocycles. The van der Waals surface area contributed by atoms with Crippen molar-refractivity contribution in [3.63, 3.8) is 0 Å². The number of anilines is 1. The lowest BCUT2D eigenvalue weighted by molar-refractivity contribution is 0.157. The molecule has 2 atom stereocenters. The number of rotatable bonds is 1.